The van der Waals surface area contributed by atoms with E-state index in [1.807, 2.05) is 17.0 Å². The highest BCUT2D eigenvalue weighted by Gasteiger charge is 2.44. The fourth-order valence-corrected chi connectivity index (χ4v) is 4.24. The van der Waals surface area contributed by atoms with Gasteiger partial charge in [0.05, 0.1) is 0 Å². The van der Waals surface area contributed by atoms with Crippen LogP contribution in [-0.2, 0) is 9.63 Å². The van der Waals surface area contributed by atoms with E-state index in [9.17, 15) is 9.18 Å². The third-order valence-corrected chi connectivity index (χ3v) is 5.78. The lowest BCUT2D eigenvalue weighted by Gasteiger charge is -2.31. The van der Waals surface area contributed by atoms with E-state index < -0.39 is 0 Å². The molecule has 0 aromatic heterocycles. The molecule has 6 heteroatoms. The van der Waals surface area contributed by atoms with Crippen molar-refractivity contribution in [3.05, 3.63) is 35.6 Å². The molecule has 1 aromatic rings. The number of hydrogen-bond acceptors (Lipinski definition) is 4. The minimum atomic E-state index is -0.282. The highest BCUT2D eigenvalue weighted by molar-refractivity contribution is 6.39. The Morgan fingerprint density at radius 1 is 1.32 bits per heavy atom. The van der Waals surface area contributed by atoms with Crippen LogP contribution in [0.15, 0.2) is 29.4 Å². The Morgan fingerprint density at radius 2 is 2.04 bits per heavy atom. The number of benzene rings is 1. The maximum Gasteiger partial charge on any atom is 0.272 e. The average molecular weight is 345 g/mol. The summed E-state index contributed by atoms with van der Waals surface area (Å²) in [6.45, 7) is 4.53. The molecular weight excluding hydrogens is 321 g/mol. The van der Waals surface area contributed by atoms with Crippen LogP contribution in [0, 0.1) is 5.82 Å². The Bertz CT molecular complexity index is 682. The zero-order valence-corrected chi connectivity index (χ0v) is 14.5. The van der Waals surface area contributed by atoms with Gasteiger partial charge in [-0.1, -0.05) is 17.3 Å². The monoisotopic (exact) mass is 345 g/mol. The van der Waals surface area contributed by atoms with Crippen LogP contribution >= 0.6 is 0 Å². The van der Waals surface area contributed by atoms with Gasteiger partial charge in [0, 0.05) is 37.8 Å². The minimum Gasteiger partial charge on any atom is -0.388 e. The lowest BCUT2D eigenvalue weighted by molar-refractivity contribution is -0.124. The first-order valence-corrected chi connectivity index (χ1v) is 9.08. The van der Waals surface area contributed by atoms with Gasteiger partial charge in [-0.2, -0.15) is 0 Å². The van der Waals surface area contributed by atoms with Gasteiger partial charge in [0.25, 0.3) is 5.91 Å². The van der Waals surface area contributed by atoms with E-state index in [1.54, 1.807) is 0 Å². The summed E-state index contributed by atoms with van der Waals surface area (Å²) >= 11 is 0. The molecule has 134 valence electrons. The standard InChI is InChI=1S/C19H24FN3O2/c1-13-10-15(14-2-4-16(20)5-3-14)12-23(13)18(24)17-11-19(25-22-17)6-8-21-9-7-19/h2-5,13,15,21H,6-12H2,1H3. The highest BCUT2D eigenvalue weighted by atomic mass is 19.1. The summed E-state index contributed by atoms with van der Waals surface area (Å²) in [6.07, 6.45) is 3.28. The van der Waals surface area contributed by atoms with Crippen molar-refractivity contribution in [3.8, 4) is 0 Å². The number of carbonyl (C=O) groups excluding carboxylic acids is 1. The van der Waals surface area contributed by atoms with Crippen LogP contribution < -0.4 is 5.32 Å². The molecule has 0 aliphatic carbocycles. The van der Waals surface area contributed by atoms with Crippen LogP contribution in [0.4, 0.5) is 4.39 Å². The van der Waals surface area contributed by atoms with Crippen molar-refractivity contribution >= 4 is 11.6 Å². The molecule has 1 spiro atoms. The van der Waals surface area contributed by atoms with Gasteiger partial charge in [-0.15, -0.1) is 0 Å². The SMILES string of the molecule is CC1CC(c2ccc(F)cc2)CN1C(=O)C1=NOC2(CCNCC2)C1. The quantitative estimate of drug-likeness (QED) is 0.896. The summed E-state index contributed by atoms with van der Waals surface area (Å²) in [5, 5.41) is 7.47. The molecule has 25 heavy (non-hydrogen) atoms. The van der Waals surface area contributed by atoms with Gasteiger partial charge in [-0.05, 0) is 44.1 Å². The minimum absolute atomic E-state index is 0.00693. The predicted octanol–water partition coefficient (Wildman–Crippen LogP) is 2.43. The number of piperidine rings is 1. The molecule has 1 N–H and O–H groups in total. The first-order chi connectivity index (χ1) is 12.1. The first-order valence-electron chi connectivity index (χ1n) is 9.08. The van der Waals surface area contributed by atoms with E-state index in [0.29, 0.717) is 18.7 Å². The Labute approximate surface area is 147 Å². The van der Waals surface area contributed by atoms with Gasteiger partial charge in [-0.25, -0.2) is 4.39 Å². The molecule has 1 aromatic carbocycles. The summed E-state index contributed by atoms with van der Waals surface area (Å²) in [5.41, 5.74) is 1.35. The Balaban J connectivity index is 1.43. The molecule has 5 nitrogen and oxygen atoms in total. The van der Waals surface area contributed by atoms with Crippen molar-refractivity contribution < 1.29 is 14.0 Å². The molecule has 2 unspecified atom stereocenters. The third-order valence-electron chi connectivity index (χ3n) is 5.78. The van der Waals surface area contributed by atoms with Crippen LogP contribution in [0.2, 0.25) is 0 Å². The summed E-state index contributed by atoms with van der Waals surface area (Å²) in [4.78, 5) is 20.5. The molecular formula is C19H24FN3O2. The van der Waals surface area contributed by atoms with Crippen LogP contribution in [0.3, 0.4) is 0 Å². The number of nitrogens with one attached hydrogen (secondary N) is 1. The van der Waals surface area contributed by atoms with Crippen molar-refractivity contribution in [2.75, 3.05) is 19.6 Å². The van der Waals surface area contributed by atoms with E-state index in [4.69, 9.17) is 4.84 Å². The smallest absolute Gasteiger partial charge is 0.272 e. The normalized spacial score (nSPS) is 28.1. The number of carbonyl (C=O) groups is 1. The van der Waals surface area contributed by atoms with E-state index in [-0.39, 0.29) is 29.3 Å². The molecule has 3 aliphatic heterocycles. The lowest BCUT2D eigenvalue weighted by atomic mass is 9.87. The maximum absolute atomic E-state index is 13.1. The Kier molecular flexibility index (Phi) is 4.23. The zero-order chi connectivity index (χ0) is 17.4. The van der Waals surface area contributed by atoms with E-state index in [2.05, 4.69) is 17.4 Å². The van der Waals surface area contributed by atoms with Gasteiger partial charge < -0.3 is 15.1 Å². The molecule has 3 heterocycles. The van der Waals surface area contributed by atoms with Crippen molar-refractivity contribution in [1.29, 1.82) is 0 Å². The third kappa shape index (κ3) is 3.15. The molecule has 4 rings (SSSR count). The zero-order valence-electron chi connectivity index (χ0n) is 14.5. The number of nitrogens with zero attached hydrogens (tertiary/aromatic N) is 2. The molecule has 3 aliphatic rings. The van der Waals surface area contributed by atoms with Gasteiger partial charge in [0.2, 0.25) is 0 Å². The van der Waals surface area contributed by atoms with Gasteiger partial charge in [0.15, 0.2) is 0 Å². The largest absolute Gasteiger partial charge is 0.388 e. The summed E-state index contributed by atoms with van der Waals surface area (Å²) in [7, 11) is 0. The van der Waals surface area contributed by atoms with E-state index in [0.717, 1.165) is 37.9 Å². The van der Waals surface area contributed by atoms with Gasteiger partial charge in [-0.3, -0.25) is 4.79 Å². The van der Waals surface area contributed by atoms with Gasteiger partial charge in [0.1, 0.15) is 17.1 Å². The fraction of sp³-hybridized carbons (Fsp3) is 0.579. The molecule has 0 bridgehead atoms. The number of oxime groups is 1. The molecule has 1 amide bonds. The summed E-state index contributed by atoms with van der Waals surface area (Å²) in [5.74, 6) is 0.00953. The number of halogens is 1. The average Bonchev–Trinajstić information content (AvgIpc) is 3.20. The van der Waals surface area contributed by atoms with E-state index >= 15 is 0 Å². The van der Waals surface area contributed by atoms with Crippen LogP contribution in [0.1, 0.15) is 44.1 Å². The summed E-state index contributed by atoms with van der Waals surface area (Å²) in [6, 6.07) is 6.76. The van der Waals surface area contributed by atoms with Crippen molar-refractivity contribution in [1.82, 2.24) is 10.2 Å². The second-order valence-electron chi connectivity index (χ2n) is 7.53. The molecule has 2 saturated heterocycles. The molecule has 2 fully saturated rings. The Hall–Kier alpha value is -1.95. The number of rotatable bonds is 2. The molecule has 0 saturated carbocycles. The van der Waals surface area contributed by atoms with Crippen molar-refractivity contribution in [2.45, 2.75) is 50.2 Å². The molecule has 2 atom stereocenters. The molecule has 0 radical (unpaired) electrons. The second-order valence-corrected chi connectivity index (χ2v) is 7.53. The van der Waals surface area contributed by atoms with Crippen LogP contribution in [-0.4, -0.2) is 47.8 Å². The van der Waals surface area contributed by atoms with Crippen molar-refractivity contribution in [3.63, 3.8) is 0 Å². The van der Waals surface area contributed by atoms with Crippen LogP contribution in [0.5, 0.6) is 0 Å². The number of likely N-dealkylation sites (tertiary alicyclic amines) is 1. The topological polar surface area (TPSA) is 53.9 Å². The maximum atomic E-state index is 13.1. The first kappa shape index (κ1) is 16.5. The second kappa shape index (κ2) is 6.41. The Morgan fingerprint density at radius 3 is 2.76 bits per heavy atom. The summed E-state index contributed by atoms with van der Waals surface area (Å²) < 4.78 is 13.1. The predicted molar refractivity (Wildman–Crippen MR) is 92.9 cm³/mol. The van der Waals surface area contributed by atoms with Gasteiger partial charge >= 0.3 is 0 Å². The lowest BCUT2D eigenvalue weighted by Crippen LogP contribution is -2.44. The number of amides is 1. The van der Waals surface area contributed by atoms with E-state index in [1.165, 1.54) is 12.1 Å². The number of hydrogen-bond donors (Lipinski definition) is 1. The fourth-order valence-electron chi connectivity index (χ4n) is 4.24. The highest BCUT2D eigenvalue weighted by Crippen LogP contribution is 2.36. The van der Waals surface area contributed by atoms with Crippen molar-refractivity contribution in [2.24, 2.45) is 5.16 Å². The van der Waals surface area contributed by atoms with Crippen LogP contribution in [0.25, 0.3) is 0 Å².